The average Bonchev–Trinajstić information content (AvgIpc) is 2.66. The van der Waals surface area contributed by atoms with Crippen LogP contribution < -0.4 is 10.5 Å². The summed E-state index contributed by atoms with van der Waals surface area (Å²) in [5, 5.41) is 12.4. The van der Waals surface area contributed by atoms with Crippen molar-refractivity contribution in [2.24, 2.45) is 5.73 Å². The van der Waals surface area contributed by atoms with E-state index in [0.717, 1.165) is 16.3 Å². The fraction of sp³-hybridized carbons (Fsp3) is 0.100. The lowest BCUT2D eigenvalue weighted by Gasteiger charge is -2.16. The second kappa shape index (κ2) is 7.25. The summed E-state index contributed by atoms with van der Waals surface area (Å²) in [5.41, 5.74) is 6.76. The lowest BCUT2D eigenvalue weighted by Crippen LogP contribution is -2.26. The molecule has 3 N–H and O–H groups in total. The van der Waals surface area contributed by atoms with E-state index in [2.05, 4.69) is 0 Å². The third-order valence-electron chi connectivity index (χ3n) is 4.07. The molecule has 132 valence electrons. The number of carbonyl (C=O) groups excluding carboxylic acids is 2. The number of primary amides is 1. The van der Waals surface area contributed by atoms with E-state index in [-0.39, 0.29) is 6.54 Å². The number of ether oxygens (including phenoxy) is 1. The molecule has 0 fully saturated rings. The van der Waals surface area contributed by atoms with Crippen molar-refractivity contribution in [3.63, 3.8) is 0 Å². The topological polar surface area (TPSA) is 92.9 Å². The number of hydroxylamine groups is 2. The van der Waals surface area contributed by atoms with Crippen LogP contribution in [0, 0.1) is 0 Å². The molecule has 3 rings (SSSR count). The highest BCUT2D eigenvalue weighted by Gasteiger charge is 2.15. The van der Waals surface area contributed by atoms with Gasteiger partial charge in [0.2, 0.25) is 5.91 Å². The molecule has 0 aromatic heterocycles. The summed E-state index contributed by atoms with van der Waals surface area (Å²) in [6.07, 6.45) is 0. The number of nitrogens with two attached hydrogens (primary N) is 1. The van der Waals surface area contributed by atoms with Gasteiger partial charge in [-0.1, -0.05) is 24.3 Å². The molecule has 0 radical (unpaired) electrons. The number of rotatable bonds is 5. The van der Waals surface area contributed by atoms with Gasteiger partial charge in [-0.25, -0.2) is 5.06 Å². The van der Waals surface area contributed by atoms with E-state index < -0.39 is 11.8 Å². The van der Waals surface area contributed by atoms with Gasteiger partial charge in [-0.05, 0) is 52.7 Å². The fourth-order valence-electron chi connectivity index (χ4n) is 2.70. The van der Waals surface area contributed by atoms with E-state index >= 15 is 0 Å². The van der Waals surface area contributed by atoms with Crippen LogP contribution in [0.2, 0.25) is 0 Å². The summed E-state index contributed by atoms with van der Waals surface area (Å²) in [6, 6.07) is 17.1. The molecule has 0 unspecified atom stereocenters. The highest BCUT2D eigenvalue weighted by Crippen LogP contribution is 2.20. The molecule has 0 atom stereocenters. The molecule has 0 saturated carbocycles. The highest BCUT2D eigenvalue weighted by molar-refractivity contribution is 6.01. The molecular formula is C20H18N2O4. The van der Waals surface area contributed by atoms with Crippen LogP contribution in [-0.2, 0) is 6.54 Å². The summed E-state index contributed by atoms with van der Waals surface area (Å²) < 4.78 is 5.14. The number of amides is 2. The Bertz CT molecular complexity index is 984. The number of carbonyl (C=O) groups is 2. The molecule has 6 heteroatoms. The molecule has 0 heterocycles. The molecule has 0 bridgehead atoms. The third-order valence-corrected chi connectivity index (χ3v) is 4.07. The summed E-state index contributed by atoms with van der Waals surface area (Å²) in [6.45, 7) is 0.0364. The van der Waals surface area contributed by atoms with Crippen LogP contribution in [0.25, 0.3) is 10.8 Å². The van der Waals surface area contributed by atoms with Crippen molar-refractivity contribution in [2.75, 3.05) is 7.11 Å². The number of fused-ring (bicyclic) bond motifs is 1. The average molecular weight is 350 g/mol. The van der Waals surface area contributed by atoms with Crippen molar-refractivity contribution < 1.29 is 19.5 Å². The Balaban J connectivity index is 1.81. The second-order valence-electron chi connectivity index (χ2n) is 5.86. The summed E-state index contributed by atoms with van der Waals surface area (Å²) >= 11 is 0. The van der Waals surface area contributed by atoms with Gasteiger partial charge in [0.05, 0.1) is 13.7 Å². The molecule has 0 saturated heterocycles. The Kier molecular flexibility index (Phi) is 4.86. The smallest absolute Gasteiger partial charge is 0.277 e. The van der Waals surface area contributed by atoms with Gasteiger partial charge in [-0.3, -0.25) is 14.8 Å². The Hall–Kier alpha value is -3.38. The van der Waals surface area contributed by atoms with Crippen LogP contribution in [0.15, 0.2) is 60.7 Å². The maximum absolute atomic E-state index is 12.5. The number of benzene rings is 3. The zero-order valence-electron chi connectivity index (χ0n) is 14.2. The van der Waals surface area contributed by atoms with Crippen molar-refractivity contribution >= 4 is 22.6 Å². The van der Waals surface area contributed by atoms with E-state index in [1.54, 1.807) is 67.8 Å². The summed E-state index contributed by atoms with van der Waals surface area (Å²) in [4.78, 5) is 23.7. The van der Waals surface area contributed by atoms with Gasteiger partial charge in [-0.2, -0.15) is 0 Å². The quantitative estimate of drug-likeness (QED) is 0.546. The predicted octanol–water partition coefficient (Wildman–Crippen LogP) is 2.98. The van der Waals surface area contributed by atoms with Gasteiger partial charge in [0.25, 0.3) is 5.91 Å². The Labute approximate surface area is 150 Å². The van der Waals surface area contributed by atoms with Gasteiger partial charge in [0, 0.05) is 11.1 Å². The normalized spacial score (nSPS) is 10.5. The first-order valence-electron chi connectivity index (χ1n) is 7.95. The minimum atomic E-state index is -0.520. The van der Waals surface area contributed by atoms with Gasteiger partial charge >= 0.3 is 0 Å². The third kappa shape index (κ3) is 3.65. The van der Waals surface area contributed by atoms with E-state index in [9.17, 15) is 14.8 Å². The van der Waals surface area contributed by atoms with Crippen molar-refractivity contribution in [1.82, 2.24) is 5.06 Å². The number of nitrogens with zero attached hydrogens (tertiary/aromatic N) is 1. The van der Waals surface area contributed by atoms with E-state index in [0.29, 0.717) is 21.9 Å². The predicted molar refractivity (Wildman–Crippen MR) is 97.1 cm³/mol. The number of methoxy groups -OCH3 is 1. The first-order valence-corrected chi connectivity index (χ1v) is 7.95. The minimum Gasteiger partial charge on any atom is -0.497 e. The van der Waals surface area contributed by atoms with Crippen LogP contribution in [-0.4, -0.2) is 29.2 Å². The van der Waals surface area contributed by atoms with Crippen molar-refractivity contribution in [1.29, 1.82) is 0 Å². The highest BCUT2D eigenvalue weighted by atomic mass is 16.5. The van der Waals surface area contributed by atoms with Gasteiger partial charge < -0.3 is 10.5 Å². The molecule has 0 aliphatic carbocycles. The maximum atomic E-state index is 12.5. The molecule has 3 aromatic rings. The van der Waals surface area contributed by atoms with Gasteiger partial charge in [-0.15, -0.1) is 0 Å². The van der Waals surface area contributed by atoms with E-state index in [1.165, 1.54) is 0 Å². The maximum Gasteiger partial charge on any atom is 0.277 e. The summed E-state index contributed by atoms with van der Waals surface area (Å²) in [7, 11) is 1.56. The molecule has 0 spiro atoms. The first kappa shape index (κ1) is 17.4. The summed E-state index contributed by atoms with van der Waals surface area (Å²) in [5.74, 6) is -0.375. The molecule has 3 aromatic carbocycles. The lowest BCUT2D eigenvalue weighted by atomic mass is 10.0. The SMILES string of the molecule is COc1cccc(CN(O)C(=O)c2ccc3cc(C(N)=O)ccc3c2)c1. The van der Waals surface area contributed by atoms with Crippen LogP contribution in [0.5, 0.6) is 5.75 Å². The van der Waals surface area contributed by atoms with Crippen LogP contribution in [0.3, 0.4) is 0 Å². The minimum absolute atomic E-state index is 0.0364. The molecule has 6 nitrogen and oxygen atoms in total. The second-order valence-corrected chi connectivity index (χ2v) is 5.86. The zero-order valence-corrected chi connectivity index (χ0v) is 14.2. The molecule has 0 aliphatic heterocycles. The Morgan fingerprint density at radius 3 is 2.31 bits per heavy atom. The monoisotopic (exact) mass is 350 g/mol. The standard InChI is InChI=1S/C20H18N2O4/c1-26-18-4-2-3-13(9-18)12-22(25)20(24)17-8-6-14-10-16(19(21)23)7-5-15(14)11-17/h2-11,25H,12H2,1H3,(H2,21,23). The van der Waals surface area contributed by atoms with E-state index in [4.69, 9.17) is 10.5 Å². The van der Waals surface area contributed by atoms with Gasteiger partial charge in [0.15, 0.2) is 0 Å². The molecular weight excluding hydrogens is 332 g/mol. The molecule has 0 aliphatic rings. The number of hydrogen-bond donors (Lipinski definition) is 2. The Morgan fingerprint density at radius 1 is 1.00 bits per heavy atom. The van der Waals surface area contributed by atoms with Crippen LogP contribution >= 0.6 is 0 Å². The van der Waals surface area contributed by atoms with Crippen molar-refractivity contribution in [3.05, 3.63) is 77.4 Å². The van der Waals surface area contributed by atoms with Crippen molar-refractivity contribution in [2.45, 2.75) is 6.54 Å². The Morgan fingerprint density at radius 2 is 1.65 bits per heavy atom. The van der Waals surface area contributed by atoms with E-state index in [1.807, 2.05) is 0 Å². The zero-order chi connectivity index (χ0) is 18.7. The van der Waals surface area contributed by atoms with Crippen LogP contribution in [0.4, 0.5) is 0 Å². The first-order chi connectivity index (χ1) is 12.5. The molecule has 2 amide bonds. The van der Waals surface area contributed by atoms with Crippen molar-refractivity contribution in [3.8, 4) is 5.75 Å². The fourth-order valence-corrected chi connectivity index (χ4v) is 2.70. The number of hydrogen-bond acceptors (Lipinski definition) is 4. The largest absolute Gasteiger partial charge is 0.497 e. The molecule has 26 heavy (non-hydrogen) atoms. The lowest BCUT2D eigenvalue weighted by molar-refractivity contribution is -0.0648. The van der Waals surface area contributed by atoms with Crippen LogP contribution in [0.1, 0.15) is 26.3 Å². The van der Waals surface area contributed by atoms with Gasteiger partial charge in [0.1, 0.15) is 5.75 Å².